The van der Waals surface area contributed by atoms with Crippen LogP contribution in [0.3, 0.4) is 0 Å². The van der Waals surface area contributed by atoms with Gasteiger partial charge in [-0.2, -0.15) is 0 Å². The van der Waals surface area contributed by atoms with Gasteiger partial charge in [-0.1, -0.05) is 353 Å². The maximum atomic E-state index is 12.8. The van der Waals surface area contributed by atoms with Crippen LogP contribution in [-0.2, 0) is 32.7 Å². The maximum Gasteiger partial charge on any atom is 0.472 e. The van der Waals surface area contributed by atoms with Crippen molar-refractivity contribution < 1.29 is 37.6 Å². The highest BCUT2D eigenvalue weighted by Crippen LogP contribution is 2.43. The van der Waals surface area contributed by atoms with E-state index in [1.807, 2.05) is 0 Å². The zero-order valence-corrected chi connectivity index (χ0v) is 54.5. The number of nitrogens with two attached hydrogens (primary N) is 1. The number of phosphoric acid groups is 1. The molecule has 0 spiro atoms. The first kappa shape index (κ1) is 78.8. The number of phosphoric ester groups is 1. The number of allylic oxidation sites excluding steroid dienone is 2. The standard InChI is InChI=1S/C70H138NO8P/c1-3-5-7-9-11-13-15-17-19-21-23-25-27-29-31-32-33-34-35-37-38-40-42-44-46-48-50-52-54-56-58-60-62-69(72)76-66-68(67-78-80(74,75)77-65-64-71)79-70(73)63-61-59-57-55-53-51-49-47-45-43-41-39-36-30-28-26-24-22-20-18-16-14-12-10-8-6-4-2/h22,24,68H,3-21,23,25-67,71H2,1-2H3,(H,74,75)/b24-22-. The number of carbonyl (C=O) groups excluding carboxylic acids is 2. The molecule has 9 nitrogen and oxygen atoms in total. The number of unbranched alkanes of at least 4 members (excludes halogenated alkanes) is 54. The molecule has 0 aliphatic carbocycles. The molecule has 0 rings (SSSR count). The van der Waals surface area contributed by atoms with E-state index < -0.39 is 26.5 Å². The molecule has 0 amide bonds. The van der Waals surface area contributed by atoms with E-state index in [0.717, 1.165) is 32.1 Å². The first-order valence-corrected chi connectivity index (χ1v) is 37.2. The largest absolute Gasteiger partial charge is 0.472 e. The summed E-state index contributed by atoms with van der Waals surface area (Å²) in [6.07, 6.45) is 80.4. The molecule has 2 unspecified atom stereocenters. The van der Waals surface area contributed by atoms with E-state index in [2.05, 4.69) is 26.0 Å². The van der Waals surface area contributed by atoms with Gasteiger partial charge < -0.3 is 20.1 Å². The lowest BCUT2D eigenvalue weighted by molar-refractivity contribution is -0.161. The van der Waals surface area contributed by atoms with Crippen LogP contribution in [0.1, 0.15) is 393 Å². The van der Waals surface area contributed by atoms with Gasteiger partial charge in [-0.15, -0.1) is 0 Å². The van der Waals surface area contributed by atoms with E-state index in [-0.39, 0.29) is 38.6 Å². The zero-order chi connectivity index (χ0) is 58.0. The number of ether oxygens (including phenoxy) is 2. The van der Waals surface area contributed by atoms with Crippen LogP contribution < -0.4 is 5.73 Å². The minimum atomic E-state index is -4.39. The molecule has 0 aliphatic heterocycles. The molecule has 0 heterocycles. The summed E-state index contributed by atoms with van der Waals surface area (Å²) in [4.78, 5) is 35.4. The van der Waals surface area contributed by atoms with Crippen molar-refractivity contribution >= 4 is 19.8 Å². The molecule has 2 atom stereocenters. The highest BCUT2D eigenvalue weighted by atomic mass is 31.2. The van der Waals surface area contributed by atoms with Gasteiger partial charge in [-0.3, -0.25) is 18.6 Å². The Kier molecular flexibility index (Phi) is 65.8. The SMILES string of the molecule is CCCCCCCCCC/C=C\CCCCCCCCCCCCCCCCCC(=O)OC(COC(=O)CCCCCCCCCCCCCCCCCCCCCCCCCCCCCCCCCC)COP(=O)(O)OCCN. The summed E-state index contributed by atoms with van der Waals surface area (Å²) in [5.74, 6) is -0.801. The van der Waals surface area contributed by atoms with Gasteiger partial charge in [0, 0.05) is 19.4 Å². The molecule has 0 saturated heterocycles. The molecule has 80 heavy (non-hydrogen) atoms. The minimum absolute atomic E-state index is 0.0575. The summed E-state index contributed by atoms with van der Waals surface area (Å²) in [7, 11) is -4.39. The molecule has 0 saturated carbocycles. The average Bonchev–Trinajstić information content (AvgIpc) is 3.45. The van der Waals surface area contributed by atoms with E-state index in [9.17, 15) is 19.0 Å². The number of esters is 2. The summed E-state index contributed by atoms with van der Waals surface area (Å²) in [5.41, 5.74) is 5.40. The van der Waals surface area contributed by atoms with Gasteiger partial charge in [0.15, 0.2) is 6.10 Å². The second-order valence-electron chi connectivity index (χ2n) is 24.5. The van der Waals surface area contributed by atoms with Gasteiger partial charge in [0.1, 0.15) is 6.61 Å². The lowest BCUT2D eigenvalue weighted by Gasteiger charge is -2.19. The van der Waals surface area contributed by atoms with Crippen LogP contribution >= 0.6 is 7.82 Å². The zero-order valence-electron chi connectivity index (χ0n) is 53.6. The molecule has 0 aromatic rings. The van der Waals surface area contributed by atoms with E-state index in [0.29, 0.717) is 6.42 Å². The van der Waals surface area contributed by atoms with E-state index in [1.165, 1.54) is 327 Å². The Morgan fingerprint density at radius 1 is 0.362 bits per heavy atom. The van der Waals surface area contributed by atoms with Gasteiger partial charge >= 0.3 is 19.8 Å². The Hall–Kier alpha value is -1.25. The number of carbonyl (C=O) groups is 2. The predicted molar refractivity (Wildman–Crippen MR) is 345 cm³/mol. The van der Waals surface area contributed by atoms with Crippen LogP contribution in [0.25, 0.3) is 0 Å². The van der Waals surface area contributed by atoms with Crippen LogP contribution in [0.15, 0.2) is 12.2 Å². The van der Waals surface area contributed by atoms with Crippen molar-refractivity contribution in [3.05, 3.63) is 12.2 Å². The molecule has 0 aromatic carbocycles. The summed E-state index contributed by atoms with van der Waals surface area (Å²) >= 11 is 0. The quantitative estimate of drug-likeness (QED) is 0.0264. The normalized spacial score (nSPS) is 12.9. The fourth-order valence-corrected chi connectivity index (χ4v) is 11.9. The van der Waals surface area contributed by atoms with Crippen LogP contribution in [0.4, 0.5) is 0 Å². The molecule has 0 fully saturated rings. The lowest BCUT2D eigenvalue weighted by Crippen LogP contribution is -2.29. The van der Waals surface area contributed by atoms with Crippen molar-refractivity contribution in [3.63, 3.8) is 0 Å². The Morgan fingerprint density at radius 2 is 0.613 bits per heavy atom. The molecule has 0 radical (unpaired) electrons. The fraction of sp³-hybridized carbons (Fsp3) is 0.943. The third-order valence-corrected chi connectivity index (χ3v) is 17.4. The summed E-state index contributed by atoms with van der Waals surface area (Å²) < 4.78 is 33.2. The predicted octanol–water partition coefficient (Wildman–Crippen LogP) is 23.1. The topological polar surface area (TPSA) is 134 Å². The molecule has 0 bridgehead atoms. The monoisotopic (exact) mass is 1150 g/mol. The van der Waals surface area contributed by atoms with Crippen LogP contribution in [0, 0.1) is 0 Å². The number of hydrogen-bond acceptors (Lipinski definition) is 8. The van der Waals surface area contributed by atoms with E-state index in [4.69, 9.17) is 24.3 Å². The van der Waals surface area contributed by atoms with Gasteiger partial charge in [-0.25, -0.2) is 4.57 Å². The average molecular weight is 1150 g/mol. The van der Waals surface area contributed by atoms with Crippen molar-refractivity contribution in [2.45, 2.75) is 399 Å². The number of rotatable bonds is 69. The van der Waals surface area contributed by atoms with E-state index >= 15 is 0 Å². The van der Waals surface area contributed by atoms with Gasteiger partial charge in [0.25, 0.3) is 0 Å². The maximum absolute atomic E-state index is 12.8. The molecule has 0 aliphatic rings. The minimum Gasteiger partial charge on any atom is -0.462 e. The van der Waals surface area contributed by atoms with Crippen molar-refractivity contribution in [2.24, 2.45) is 5.73 Å². The molecule has 10 heteroatoms. The highest BCUT2D eigenvalue weighted by Gasteiger charge is 2.26. The third kappa shape index (κ3) is 65.9. The number of hydrogen-bond donors (Lipinski definition) is 2. The molecule has 0 aromatic heterocycles. The second-order valence-corrected chi connectivity index (χ2v) is 25.9. The Labute approximate surface area is 498 Å². The first-order valence-electron chi connectivity index (χ1n) is 35.7. The summed E-state index contributed by atoms with van der Waals surface area (Å²) in [5, 5.41) is 0. The Balaban J connectivity index is 3.79. The van der Waals surface area contributed by atoms with Gasteiger partial charge in [0.05, 0.1) is 13.2 Å². The summed E-state index contributed by atoms with van der Waals surface area (Å²) in [6, 6.07) is 0. The van der Waals surface area contributed by atoms with E-state index in [1.54, 1.807) is 0 Å². The molecular formula is C70H138NO8P. The Morgan fingerprint density at radius 3 is 0.887 bits per heavy atom. The van der Waals surface area contributed by atoms with Gasteiger partial charge in [0.2, 0.25) is 0 Å². The van der Waals surface area contributed by atoms with Crippen LogP contribution in [0.2, 0.25) is 0 Å². The van der Waals surface area contributed by atoms with Crippen LogP contribution in [0.5, 0.6) is 0 Å². The van der Waals surface area contributed by atoms with Crippen LogP contribution in [-0.4, -0.2) is 49.3 Å². The highest BCUT2D eigenvalue weighted by molar-refractivity contribution is 7.47. The smallest absolute Gasteiger partial charge is 0.462 e. The molecular weight excluding hydrogens is 1010 g/mol. The van der Waals surface area contributed by atoms with Gasteiger partial charge in [-0.05, 0) is 38.5 Å². The van der Waals surface area contributed by atoms with Crippen molar-refractivity contribution in [1.82, 2.24) is 0 Å². The van der Waals surface area contributed by atoms with Crippen molar-refractivity contribution in [1.29, 1.82) is 0 Å². The fourth-order valence-electron chi connectivity index (χ4n) is 11.1. The van der Waals surface area contributed by atoms with Crippen molar-refractivity contribution in [2.75, 3.05) is 26.4 Å². The molecule has 476 valence electrons. The second kappa shape index (κ2) is 66.9. The Bertz CT molecular complexity index is 1320. The lowest BCUT2D eigenvalue weighted by atomic mass is 10.0. The van der Waals surface area contributed by atoms with Crippen molar-refractivity contribution in [3.8, 4) is 0 Å². The third-order valence-electron chi connectivity index (χ3n) is 16.4. The first-order chi connectivity index (χ1) is 39.3. The summed E-state index contributed by atoms with van der Waals surface area (Å²) in [6.45, 7) is 3.84. The molecule has 3 N–H and O–H groups in total.